The van der Waals surface area contributed by atoms with Gasteiger partial charge in [0.05, 0.1) is 17.0 Å². The number of aryl methyl sites for hydroxylation is 1. The van der Waals surface area contributed by atoms with E-state index in [1.807, 2.05) is 6.20 Å². The lowest BCUT2D eigenvalue weighted by Crippen LogP contribution is -2.39. The van der Waals surface area contributed by atoms with E-state index in [2.05, 4.69) is 15.3 Å². The molecule has 1 aliphatic heterocycles. The minimum absolute atomic E-state index is 0.0166. The number of aromatic amines is 1. The number of hydrogen-bond acceptors (Lipinski definition) is 3. The van der Waals surface area contributed by atoms with Crippen LogP contribution in [0.5, 0.6) is 0 Å². The molecular weight excluding hydrogens is 343 g/mol. The number of halogens is 1. The smallest absolute Gasteiger partial charge is 0.253 e. The SMILES string of the molecule is O=C1NCC2(CC2)c2[nH]c3c(c21)CCc1cnc(-c2cccc(F)c2)nc1-3. The quantitative estimate of drug-likeness (QED) is 0.700. The van der Waals surface area contributed by atoms with Crippen molar-refractivity contribution < 1.29 is 9.18 Å². The van der Waals surface area contributed by atoms with E-state index in [9.17, 15) is 9.18 Å². The molecule has 1 aromatic carbocycles. The minimum atomic E-state index is -0.308. The molecule has 2 aliphatic carbocycles. The Balaban J connectivity index is 1.55. The Morgan fingerprint density at radius 2 is 2.07 bits per heavy atom. The summed E-state index contributed by atoms with van der Waals surface area (Å²) in [5.74, 6) is 0.208. The molecule has 3 heterocycles. The van der Waals surface area contributed by atoms with Gasteiger partial charge in [0.2, 0.25) is 0 Å². The predicted octanol–water partition coefficient (Wildman–Crippen LogP) is 3.15. The number of amides is 1. The number of carbonyl (C=O) groups is 1. The number of carbonyl (C=O) groups excluding carboxylic acids is 1. The van der Waals surface area contributed by atoms with Crippen molar-refractivity contribution in [1.29, 1.82) is 0 Å². The van der Waals surface area contributed by atoms with E-state index in [4.69, 9.17) is 4.98 Å². The van der Waals surface area contributed by atoms with Gasteiger partial charge < -0.3 is 10.3 Å². The molecule has 0 radical (unpaired) electrons. The second kappa shape index (κ2) is 5.03. The van der Waals surface area contributed by atoms with Gasteiger partial charge in [0.1, 0.15) is 5.82 Å². The van der Waals surface area contributed by atoms with E-state index in [1.165, 1.54) is 12.1 Å². The normalized spacial score (nSPS) is 18.5. The first-order chi connectivity index (χ1) is 13.1. The second-order valence-electron chi connectivity index (χ2n) is 7.77. The molecule has 1 saturated carbocycles. The van der Waals surface area contributed by atoms with E-state index < -0.39 is 0 Å². The number of aromatic nitrogens is 3. The molecule has 0 bridgehead atoms. The van der Waals surface area contributed by atoms with Crippen molar-refractivity contribution in [1.82, 2.24) is 20.3 Å². The summed E-state index contributed by atoms with van der Waals surface area (Å²) in [6.45, 7) is 0.712. The lowest BCUT2D eigenvalue weighted by atomic mass is 9.88. The summed E-state index contributed by atoms with van der Waals surface area (Å²) >= 11 is 0. The Morgan fingerprint density at radius 3 is 2.89 bits per heavy atom. The molecule has 0 unspecified atom stereocenters. The van der Waals surface area contributed by atoms with Crippen molar-refractivity contribution >= 4 is 5.91 Å². The van der Waals surface area contributed by atoms with E-state index in [0.29, 0.717) is 17.9 Å². The number of H-pyrrole nitrogens is 1. The molecule has 0 saturated heterocycles. The number of benzene rings is 1. The van der Waals surface area contributed by atoms with Gasteiger partial charge in [0.15, 0.2) is 5.82 Å². The number of rotatable bonds is 1. The summed E-state index contributed by atoms with van der Waals surface area (Å²) in [5.41, 5.74) is 6.53. The van der Waals surface area contributed by atoms with Crippen molar-refractivity contribution in [2.45, 2.75) is 31.1 Å². The van der Waals surface area contributed by atoms with Gasteiger partial charge in [-0.25, -0.2) is 14.4 Å². The molecule has 6 heteroatoms. The Bertz CT molecular complexity index is 1130. The molecule has 2 N–H and O–H groups in total. The van der Waals surface area contributed by atoms with Crippen LogP contribution in [0.3, 0.4) is 0 Å². The van der Waals surface area contributed by atoms with Gasteiger partial charge in [-0.05, 0) is 48.9 Å². The average molecular weight is 360 g/mol. The van der Waals surface area contributed by atoms with Crippen molar-refractivity contribution in [2.24, 2.45) is 0 Å². The van der Waals surface area contributed by atoms with Gasteiger partial charge in [-0.1, -0.05) is 12.1 Å². The van der Waals surface area contributed by atoms with Crippen LogP contribution in [-0.2, 0) is 18.3 Å². The van der Waals surface area contributed by atoms with E-state index >= 15 is 0 Å². The van der Waals surface area contributed by atoms with Gasteiger partial charge in [-0.2, -0.15) is 0 Å². The maximum Gasteiger partial charge on any atom is 0.253 e. The van der Waals surface area contributed by atoms with Crippen molar-refractivity contribution in [2.75, 3.05) is 6.54 Å². The van der Waals surface area contributed by atoms with E-state index in [0.717, 1.165) is 59.5 Å². The first-order valence-electron chi connectivity index (χ1n) is 9.30. The molecule has 27 heavy (non-hydrogen) atoms. The van der Waals surface area contributed by atoms with Crippen LogP contribution >= 0.6 is 0 Å². The number of nitrogens with one attached hydrogen (secondary N) is 2. The Morgan fingerprint density at radius 1 is 1.19 bits per heavy atom. The topological polar surface area (TPSA) is 70.7 Å². The number of hydrogen-bond donors (Lipinski definition) is 2. The average Bonchev–Trinajstić information content (AvgIpc) is 3.34. The first-order valence-corrected chi connectivity index (χ1v) is 9.30. The molecule has 3 aliphatic rings. The molecule has 0 atom stereocenters. The molecule has 6 rings (SSSR count). The molecular formula is C21H17FN4O. The molecule has 5 nitrogen and oxygen atoms in total. The molecule has 1 spiro atoms. The highest BCUT2D eigenvalue weighted by Crippen LogP contribution is 2.52. The summed E-state index contributed by atoms with van der Waals surface area (Å²) < 4.78 is 13.6. The minimum Gasteiger partial charge on any atom is -0.356 e. The molecule has 3 aromatic rings. The standard InChI is InChI=1S/C21H17FN4O/c22-13-3-1-2-11(8-13)19-23-9-12-4-5-14-15-18(25-17(14)16(12)26-19)21(6-7-21)10-24-20(15)27/h1-3,8-9,25H,4-7,10H2,(H,24,27). The van der Waals surface area contributed by atoms with Gasteiger partial charge in [0.25, 0.3) is 5.91 Å². The monoisotopic (exact) mass is 360 g/mol. The fraction of sp³-hybridized carbons (Fsp3) is 0.286. The maximum absolute atomic E-state index is 13.6. The lowest BCUT2D eigenvalue weighted by molar-refractivity contribution is 0.0936. The van der Waals surface area contributed by atoms with Gasteiger partial charge in [-0.15, -0.1) is 0 Å². The number of fused-ring (bicyclic) bond motifs is 6. The predicted molar refractivity (Wildman–Crippen MR) is 97.9 cm³/mol. The summed E-state index contributed by atoms with van der Waals surface area (Å²) in [5, 5.41) is 3.06. The Hall–Kier alpha value is -3.02. The lowest BCUT2D eigenvalue weighted by Gasteiger charge is -2.23. The zero-order chi connectivity index (χ0) is 18.2. The number of nitrogens with zero attached hydrogens (tertiary/aromatic N) is 2. The van der Waals surface area contributed by atoms with Gasteiger partial charge in [-0.3, -0.25) is 4.79 Å². The summed E-state index contributed by atoms with van der Waals surface area (Å²) in [6, 6.07) is 6.32. The van der Waals surface area contributed by atoms with Crippen LogP contribution in [0, 0.1) is 5.82 Å². The van der Waals surface area contributed by atoms with Crippen LogP contribution in [0.15, 0.2) is 30.5 Å². The zero-order valence-electron chi connectivity index (χ0n) is 14.6. The van der Waals surface area contributed by atoms with Crippen molar-refractivity contribution in [3.63, 3.8) is 0 Å². The van der Waals surface area contributed by atoms with Crippen molar-refractivity contribution in [3.8, 4) is 22.8 Å². The third-order valence-corrected chi connectivity index (χ3v) is 6.13. The van der Waals surface area contributed by atoms with Crippen LogP contribution in [0.4, 0.5) is 4.39 Å². The van der Waals surface area contributed by atoms with E-state index in [-0.39, 0.29) is 17.1 Å². The van der Waals surface area contributed by atoms with Crippen LogP contribution in [0.1, 0.15) is 40.0 Å². The van der Waals surface area contributed by atoms with Gasteiger partial charge >= 0.3 is 0 Å². The van der Waals surface area contributed by atoms with Gasteiger partial charge in [0, 0.05) is 29.4 Å². The van der Waals surface area contributed by atoms with Crippen LogP contribution in [-0.4, -0.2) is 27.4 Å². The fourth-order valence-corrected chi connectivity index (χ4v) is 4.48. The highest BCUT2D eigenvalue weighted by Gasteiger charge is 2.51. The Kier molecular flexibility index (Phi) is 2.81. The van der Waals surface area contributed by atoms with E-state index in [1.54, 1.807) is 12.1 Å². The molecule has 1 amide bonds. The summed E-state index contributed by atoms with van der Waals surface area (Å²) in [4.78, 5) is 25.3. The molecule has 2 aromatic heterocycles. The highest BCUT2D eigenvalue weighted by atomic mass is 19.1. The maximum atomic E-state index is 13.6. The molecule has 1 fully saturated rings. The first kappa shape index (κ1) is 15.1. The summed E-state index contributed by atoms with van der Waals surface area (Å²) in [6.07, 6.45) is 5.64. The van der Waals surface area contributed by atoms with Crippen LogP contribution in [0.2, 0.25) is 0 Å². The van der Waals surface area contributed by atoms with Crippen LogP contribution < -0.4 is 5.32 Å². The third-order valence-electron chi connectivity index (χ3n) is 6.13. The third kappa shape index (κ3) is 2.07. The second-order valence-corrected chi connectivity index (χ2v) is 7.77. The largest absolute Gasteiger partial charge is 0.356 e. The zero-order valence-corrected chi connectivity index (χ0v) is 14.6. The fourth-order valence-electron chi connectivity index (χ4n) is 4.48. The molecule has 134 valence electrons. The summed E-state index contributed by atoms with van der Waals surface area (Å²) in [7, 11) is 0. The highest BCUT2D eigenvalue weighted by molar-refractivity contribution is 6.01. The van der Waals surface area contributed by atoms with Crippen molar-refractivity contribution in [3.05, 3.63) is 58.7 Å². The Labute approximate surface area is 155 Å². The van der Waals surface area contributed by atoms with Crippen LogP contribution in [0.25, 0.3) is 22.8 Å².